The summed E-state index contributed by atoms with van der Waals surface area (Å²) >= 11 is 5.85. The second-order valence-electron chi connectivity index (χ2n) is 5.04. The van der Waals surface area contributed by atoms with Gasteiger partial charge in [0.1, 0.15) is 6.54 Å². The Morgan fingerprint density at radius 1 is 1.43 bits per heavy atom. The number of halogens is 1. The van der Waals surface area contributed by atoms with Crippen LogP contribution in [0.3, 0.4) is 0 Å². The third-order valence-electron chi connectivity index (χ3n) is 3.40. The Labute approximate surface area is 127 Å². The number of nitrogens with zero attached hydrogens (tertiary/aromatic N) is 4. The molecule has 2 aromatic rings. The fourth-order valence-electron chi connectivity index (χ4n) is 1.94. The van der Waals surface area contributed by atoms with Gasteiger partial charge in [-0.15, -0.1) is 0 Å². The Kier molecular flexibility index (Phi) is 3.79. The maximum atomic E-state index is 5.91. The van der Waals surface area contributed by atoms with E-state index in [-0.39, 0.29) is 6.54 Å². The fraction of sp³-hybridized carbons (Fsp3) is 0.357. The summed E-state index contributed by atoms with van der Waals surface area (Å²) in [4.78, 5) is 10.6. The first kappa shape index (κ1) is 13.9. The van der Waals surface area contributed by atoms with Crippen LogP contribution in [0.15, 0.2) is 33.8 Å². The molecule has 0 amide bonds. The number of hydrogen-bond donors (Lipinski definition) is 1. The van der Waals surface area contributed by atoms with Crippen LogP contribution >= 0.6 is 11.6 Å². The highest BCUT2D eigenvalue weighted by Gasteiger charge is 2.27. The van der Waals surface area contributed by atoms with Gasteiger partial charge in [-0.1, -0.05) is 16.8 Å². The average molecular weight is 306 g/mol. The number of aliphatic imine (C=N–C) groups is 1. The minimum atomic E-state index is 0.281. The van der Waals surface area contributed by atoms with E-state index < -0.39 is 0 Å². The van der Waals surface area contributed by atoms with E-state index in [4.69, 9.17) is 21.9 Å². The van der Waals surface area contributed by atoms with E-state index >= 15 is 0 Å². The molecule has 0 aliphatic heterocycles. The van der Waals surface area contributed by atoms with Crippen molar-refractivity contribution in [3.05, 3.63) is 35.2 Å². The van der Waals surface area contributed by atoms with Crippen LogP contribution in [-0.2, 0) is 6.54 Å². The lowest BCUT2D eigenvalue weighted by Gasteiger charge is -2.16. The fourth-order valence-corrected chi connectivity index (χ4v) is 2.07. The molecule has 3 rings (SSSR count). The van der Waals surface area contributed by atoms with Gasteiger partial charge in [-0.2, -0.15) is 4.98 Å². The highest BCUT2D eigenvalue weighted by atomic mass is 35.5. The van der Waals surface area contributed by atoms with Gasteiger partial charge < -0.3 is 15.2 Å². The van der Waals surface area contributed by atoms with Gasteiger partial charge in [0.2, 0.25) is 11.7 Å². The van der Waals surface area contributed by atoms with Gasteiger partial charge in [0.25, 0.3) is 0 Å². The van der Waals surface area contributed by atoms with Crippen LogP contribution in [0, 0.1) is 0 Å². The lowest BCUT2D eigenvalue weighted by Crippen LogP contribution is -2.35. The van der Waals surface area contributed by atoms with Crippen molar-refractivity contribution in [2.75, 3.05) is 7.05 Å². The second kappa shape index (κ2) is 5.73. The molecule has 7 heteroatoms. The average Bonchev–Trinajstić information content (AvgIpc) is 3.23. The molecule has 0 unspecified atom stereocenters. The molecule has 6 nitrogen and oxygen atoms in total. The molecule has 0 bridgehead atoms. The van der Waals surface area contributed by atoms with E-state index in [1.54, 1.807) is 12.1 Å². The summed E-state index contributed by atoms with van der Waals surface area (Å²) in [6.07, 6.45) is 2.35. The number of hydrogen-bond acceptors (Lipinski definition) is 4. The zero-order valence-corrected chi connectivity index (χ0v) is 12.4. The second-order valence-corrected chi connectivity index (χ2v) is 5.47. The Morgan fingerprint density at radius 3 is 2.81 bits per heavy atom. The molecular weight excluding hydrogens is 290 g/mol. The minimum Gasteiger partial charge on any atom is -0.370 e. The molecule has 0 saturated heterocycles. The summed E-state index contributed by atoms with van der Waals surface area (Å²) in [7, 11) is 1.95. The molecule has 1 aliphatic rings. The Hall–Kier alpha value is -2.08. The Balaban J connectivity index is 1.67. The van der Waals surface area contributed by atoms with Crippen LogP contribution < -0.4 is 5.73 Å². The summed E-state index contributed by atoms with van der Waals surface area (Å²) in [6.45, 7) is 0.281. The number of aromatic nitrogens is 2. The largest absolute Gasteiger partial charge is 0.370 e. The van der Waals surface area contributed by atoms with Gasteiger partial charge in [0, 0.05) is 23.7 Å². The monoisotopic (exact) mass is 305 g/mol. The summed E-state index contributed by atoms with van der Waals surface area (Å²) in [5.41, 5.74) is 6.76. The van der Waals surface area contributed by atoms with Gasteiger partial charge in [-0.25, -0.2) is 4.99 Å². The van der Waals surface area contributed by atoms with Crippen molar-refractivity contribution < 1.29 is 4.52 Å². The minimum absolute atomic E-state index is 0.281. The van der Waals surface area contributed by atoms with Crippen molar-refractivity contribution >= 4 is 17.6 Å². The molecule has 0 radical (unpaired) electrons. The third-order valence-corrected chi connectivity index (χ3v) is 3.65. The predicted molar refractivity (Wildman–Crippen MR) is 80.9 cm³/mol. The van der Waals surface area contributed by atoms with Crippen molar-refractivity contribution in [3.63, 3.8) is 0 Å². The van der Waals surface area contributed by atoms with E-state index in [1.165, 1.54) is 12.8 Å². The third kappa shape index (κ3) is 3.33. The first-order valence-electron chi connectivity index (χ1n) is 6.75. The van der Waals surface area contributed by atoms with Crippen LogP contribution in [0.5, 0.6) is 0 Å². The van der Waals surface area contributed by atoms with Gasteiger partial charge in [0.05, 0.1) is 0 Å². The standard InChI is InChI=1S/C14H16ClN5O/c1-20(11-6-7-11)14(16)17-8-12-18-13(19-21-12)9-2-4-10(15)5-3-9/h2-5,11H,6-8H2,1H3,(H2,16,17). The number of nitrogens with two attached hydrogens (primary N) is 1. The zero-order chi connectivity index (χ0) is 14.8. The SMILES string of the molecule is CN(C(N)=NCc1nc(-c2ccc(Cl)cc2)no1)C1CC1. The highest BCUT2D eigenvalue weighted by Crippen LogP contribution is 2.25. The van der Waals surface area contributed by atoms with Gasteiger partial charge in [-0.05, 0) is 37.1 Å². The van der Waals surface area contributed by atoms with Crippen molar-refractivity contribution in [3.8, 4) is 11.4 Å². The first-order chi connectivity index (χ1) is 10.1. The molecule has 21 heavy (non-hydrogen) atoms. The number of guanidine groups is 1. The molecule has 1 saturated carbocycles. The first-order valence-corrected chi connectivity index (χ1v) is 7.12. The lowest BCUT2D eigenvalue weighted by atomic mass is 10.2. The van der Waals surface area contributed by atoms with E-state index in [0.29, 0.717) is 28.7 Å². The quantitative estimate of drug-likeness (QED) is 0.692. The maximum Gasteiger partial charge on any atom is 0.248 e. The van der Waals surface area contributed by atoms with E-state index in [2.05, 4.69) is 15.1 Å². The van der Waals surface area contributed by atoms with Gasteiger partial charge >= 0.3 is 0 Å². The van der Waals surface area contributed by atoms with Crippen LogP contribution in [0.4, 0.5) is 0 Å². The lowest BCUT2D eigenvalue weighted by molar-refractivity contribution is 0.379. The molecule has 110 valence electrons. The molecule has 1 aliphatic carbocycles. The van der Waals surface area contributed by atoms with Crippen LogP contribution in [0.2, 0.25) is 5.02 Å². The van der Waals surface area contributed by atoms with Gasteiger partial charge in [0.15, 0.2) is 5.96 Å². The molecule has 1 aromatic carbocycles. The summed E-state index contributed by atoms with van der Waals surface area (Å²) < 4.78 is 5.18. The smallest absolute Gasteiger partial charge is 0.248 e. The molecule has 2 N–H and O–H groups in total. The Bertz CT molecular complexity index is 648. The van der Waals surface area contributed by atoms with Crippen LogP contribution in [0.1, 0.15) is 18.7 Å². The maximum absolute atomic E-state index is 5.91. The van der Waals surface area contributed by atoms with Crippen molar-refractivity contribution in [1.82, 2.24) is 15.0 Å². The molecule has 1 aromatic heterocycles. The van der Waals surface area contributed by atoms with Gasteiger partial charge in [-0.3, -0.25) is 0 Å². The zero-order valence-electron chi connectivity index (χ0n) is 11.7. The molecule has 1 heterocycles. The number of benzene rings is 1. The van der Waals surface area contributed by atoms with Crippen LogP contribution in [-0.4, -0.2) is 34.1 Å². The Morgan fingerprint density at radius 2 is 2.14 bits per heavy atom. The molecule has 0 spiro atoms. The molecular formula is C14H16ClN5O. The van der Waals surface area contributed by atoms with Crippen LogP contribution in [0.25, 0.3) is 11.4 Å². The molecule has 0 atom stereocenters. The van der Waals surface area contributed by atoms with Crippen molar-refractivity contribution in [2.45, 2.75) is 25.4 Å². The number of rotatable bonds is 4. The predicted octanol–water partition coefficient (Wildman–Crippen LogP) is 2.30. The normalized spacial score (nSPS) is 15.2. The molecule has 1 fully saturated rings. The van der Waals surface area contributed by atoms with E-state index in [1.807, 2.05) is 24.1 Å². The topological polar surface area (TPSA) is 80.5 Å². The van der Waals surface area contributed by atoms with Crippen molar-refractivity contribution in [2.24, 2.45) is 10.7 Å². The van der Waals surface area contributed by atoms with E-state index in [9.17, 15) is 0 Å². The van der Waals surface area contributed by atoms with E-state index in [0.717, 1.165) is 5.56 Å². The summed E-state index contributed by atoms with van der Waals surface area (Å²) in [6, 6.07) is 7.78. The summed E-state index contributed by atoms with van der Waals surface area (Å²) in [5, 5.41) is 4.60. The summed E-state index contributed by atoms with van der Waals surface area (Å²) in [5.74, 6) is 1.46. The highest BCUT2D eigenvalue weighted by molar-refractivity contribution is 6.30. The van der Waals surface area contributed by atoms with Crippen molar-refractivity contribution in [1.29, 1.82) is 0 Å².